The van der Waals surface area contributed by atoms with Crippen molar-refractivity contribution in [3.05, 3.63) is 16.1 Å². The van der Waals surface area contributed by atoms with Crippen molar-refractivity contribution in [3.63, 3.8) is 0 Å². The summed E-state index contributed by atoms with van der Waals surface area (Å²) in [7, 11) is 0. The van der Waals surface area contributed by atoms with Crippen LogP contribution in [0.25, 0.3) is 0 Å². The van der Waals surface area contributed by atoms with E-state index < -0.39 is 5.97 Å². The summed E-state index contributed by atoms with van der Waals surface area (Å²) in [6.07, 6.45) is 0.144. The smallest absolute Gasteiger partial charge is 0.355 e. The molecule has 0 aliphatic rings. The van der Waals surface area contributed by atoms with E-state index in [0.717, 1.165) is 0 Å². The molecule has 0 radical (unpaired) electrons. The number of carboxylic acids is 1. The molecule has 1 aromatic rings. The average molecular weight is 242 g/mol. The number of nitrogens with zero attached hydrogens (tertiary/aromatic N) is 1. The predicted molar refractivity (Wildman–Crippen MR) is 60.6 cm³/mol. The van der Waals surface area contributed by atoms with Gasteiger partial charge in [0.1, 0.15) is 5.01 Å². The van der Waals surface area contributed by atoms with Crippen LogP contribution in [0.4, 0.5) is 0 Å². The van der Waals surface area contributed by atoms with Crippen molar-refractivity contribution in [2.75, 3.05) is 6.54 Å². The van der Waals surface area contributed by atoms with Crippen molar-refractivity contribution in [1.82, 2.24) is 10.3 Å². The summed E-state index contributed by atoms with van der Waals surface area (Å²) < 4.78 is 0. The predicted octanol–water partition coefficient (Wildman–Crippen LogP) is 1.16. The molecule has 5 nitrogen and oxygen atoms in total. The van der Waals surface area contributed by atoms with Gasteiger partial charge in [-0.25, -0.2) is 9.78 Å². The lowest BCUT2D eigenvalue weighted by atomic mass is 10.2. The Labute approximate surface area is 97.5 Å². The Hall–Kier alpha value is -1.43. The van der Waals surface area contributed by atoms with E-state index in [2.05, 4.69) is 10.3 Å². The van der Waals surface area contributed by atoms with Crippen LogP contribution in [-0.4, -0.2) is 28.5 Å². The van der Waals surface area contributed by atoms with Crippen molar-refractivity contribution < 1.29 is 14.7 Å². The Kier molecular flexibility index (Phi) is 4.42. The monoisotopic (exact) mass is 242 g/mol. The second kappa shape index (κ2) is 5.60. The Morgan fingerprint density at radius 2 is 2.25 bits per heavy atom. The summed E-state index contributed by atoms with van der Waals surface area (Å²) in [4.78, 5) is 25.8. The van der Waals surface area contributed by atoms with Gasteiger partial charge in [0, 0.05) is 11.9 Å². The lowest BCUT2D eigenvalue weighted by Gasteiger charge is -2.05. The maximum absolute atomic E-state index is 11.4. The van der Waals surface area contributed by atoms with Crippen LogP contribution in [0.2, 0.25) is 0 Å². The highest BCUT2D eigenvalue weighted by Crippen LogP contribution is 2.10. The first-order chi connectivity index (χ1) is 7.49. The van der Waals surface area contributed by atoms with E-state index in [-0.39, 0.29) is 18.0 Å². The molecule has 1 amide bonds. The number of amides is 1. The number of carboxylic acid groups (broad SMARTS) is 1. The third kappa shape index (κ3) is 3.98. The second-order valence-electron chi connectivity index (χ2n) is 3.81. The quantitative estimate of drug-likeness (QED) is 0.812. The zero-order valence-corrected chi connectivity index (χ0v) is 10.0. The van der Waals surface area contributed by atoms with E-state index >= 15 is 0 Å². The zero-order valence-electron chi connectivity index (χ0n) is 9.19. The van der Waals surface area contributed by atoms with Gasteiger partial charge < -0.3 is 10.4 Å². The summed E-state index contributed by atoms with van der Waals surface area (Å²) in [6, 6.07) is 0. The average Bonchev–Trinajstić information content (AvgIpc) is 2.63. The standard InChI is InChI=1S/C10H14N2O3S/c1-6(2)4-11-8(13)3-9-12-7(5-16-9)10(14)15/h5-6H,3-4H2,1-2H3,(H,11,13)(H,14,15). The number of thiazole rings is 1. The van der Waals surface area contributed by atoms with Gasteiger partial charge in [-0.15, -0.1) is 11.3 Å². The molecule has 0 unspecified atom stereocenters. The van der Waals surface area contributed by atoms with E-state index in [1.54, 1.807) is 0 Å². The molecule has 6 heteroatoms. The molecule has 0 aliphatic heterocycles. The van der Waals surface area contributed by atoms with Gasteiger partial charge >= 0.3 is 5.97 Å². The molecule has 0 saturated heterocycles. The van der Waals surface area contributed by atoms with Gasteiger partial charge in [0.15, 0.2) is 5.69 Å². The van der Waals surface area contributed by atoms with Crippen LogP contribution in [0.1, 0.15) is 29.3 Å². The maximum Gasteiger partial charge on any atom is 0.355 e. The molecular weight excluding hydrogens is 228 g/mol. The molecule has 0 saturated carbocycles. The van der Waals surface area contributed by atoms with Crippen LogP contribution in [0.15, 0.2) is 5.38 Å². The molecule has 2 N–H and O–H groups in total. The van der Waals surface area contributed by atoms with Crippen LogP contribution in [0, 0.1) is 5.92 Å². The molecule has 0 spiro atoms. The van der Waals surface area contributed by atoms with Gasteiger partial charge in [0.05, 0.1) is 6.42 Å². The van der Waals surface area contributed by atoms with Gasteiger partial charge in [0.25, 0.3) is 0 Å². The van der Waals surface area contributed by atoms with Gasteiger partial charge in [-0.1, -0.05) is 13.8 Å². The molecule has 0 bridgehead atoms. The molecule has 0 aliphatic carbocycles. The van der Waals surface area contributed by atoms with Gasteiger partial charge in [-0.2, -0.15) is 0 Å². The van der Waals surface area contributed by atoms with E-state index in [4.69, 9.17) is 5.11 Å². The fraction of sp³-hybridized carbons (Fsp3) is 0.500. The third-order valence-corrected chi connectivity index (χ3v) is 2.64. The summed E-state index contributed by atoms with van der Waals surface area (Å²) in [5, 5.41) is 13.4. The molecule has 1 heterocycles. The minimum Gasteiger partial charge on any atom is -0.476 e. The highest BCUT2D eigenvalue weighted by atomic mass is 32.1. The number of hydrogen-bond acceptors (Lipinski definition) is 4. The Morgan fingerprint density at radius 3 is 2.75 bits per heavy atom. The normalized spacial score (nSPS) is 10.4. The lowest BCUT2D eigenvalue weighted by Crippen LogP contribution is -2.28. The minimum atomic E-state index is -1.06. The second-order valence-corrected chi connectivity index (χ2v) is 4.75. The molecule has 88 valence electrons. The molecule has 0 fully saturated rings. The maximum atomic E-state index is 11.4. The van der Waals surface area contributed by atoms with Crippen LogP contribution in [0.3, 0.4) is 0 Å². The van der Waals surface area contributed by atoms with Gasteiger partial charge in [0.2, 0.25) is 5.91 Å². The van der Waals surface area contributed by atoms with Crippen LogP contribution in [-0.2, 0) is 11.2 Å². The fourth-order valence-corrected chi connectivity index (χ4v) is 1.77. The molecule has 0 atom stereocenters. The topological polar surface area (TPSA) is 79.3 Å². The molecular formula is C10H14N2O3S. The number of rotatable bonds is 5. The molecule has 0 aromatic carbocycles. The van der Waals surface area contributed by atoms with E-state index in [1.807, 2.05) is 13.8 Å². The van der Waals surface area contributed by atoms with E-state index in [9.17, 15) is 9.59 Å². The number of carbonyl (C=O) groups excluding carboxylic acids is 1. The van der Waals surface area contributed by atoms with Crippen molar-refractivity contribution in [2.24, 2.45) is 5.92 Å². The zero-order chi connectivity index (χ0) is 12.1. The first kappa shape index (κ1) is 12.6. The highest BCUT2D eigenvalue weighted by molar-refractivity contribution is 7.09. The summed E-state index contributed by atoms with van der Waals surface area (Å²) in [5.74, 6) is -0.792. The summed E-state index contributed by atoms with van der Waals surface area (Å²) >= 11 is 1.19. The molecule has 1 aromatic heterocycles. The first-order valence-corrected chi connectivity index (χ1v) is 5.81. The van der Waals surface area contributed by atoms with E-state index in [0.29, 0.717) is 17.5 Å². The number of hydrogen-bond donors (Lipinski definition) is 2. The number of carbonyl (C=O) groups is 2. The van der Waals surface area contributed by atoms with Crippen LogP contribution < -0.4 is 5.32 Å². The van der Waals surface area contributed by atoms with Crippen molar-refractivity contribution in [3.8, 4) is 0 Å². The van der Waals surface area contributed by atoms with Crippen molar-refractivity contribution in [2.45, 2.75) is 20.3 Å². The largest absolute Gasteiger partial charge is 0.476 e. The first-order valence-electron chi connectivity index (χ1n) is 4.93. The van der Waals surface area contributed by atoms with Gasteiger partial charge in [-0.3, -0.25) is 4.79 Å². The minimum absolute atomic E-state index is 0.00309. The fourth-order valence-electron chi connectivity index (χ4n) is 1.01. The summed E-state index contributed by atoms with van der Waals surface area (Å²) in [6.45, 7) is 4.63. The Balaban J connectivity index is 2.46. The Bertz CT molecular complexity index is 387. The number of aromatic nitrogens is 1. The number of aromatic carboxylic acids is 1. The molecule has 1 rings (SSSR count). The lowest BCUT2D eigenvalue weighted by molar-refractivity contribution is -0.120. The van der Waals surface area contributed by atoms with Gasteiger partial charge in [-0.05, 0) is 5.92 Å². The van der Waals surface area contributed by atoms with Crippen LogP contribution >= 0.6 is 11.3 Å². The molecule has 16 heavy (non-hydrogen) atoms. The van der Waals surface area contributed by atoms with Crippen LogP contribution in [0.5, 0.6) is 0 Å². The SMILES string of the molecule is CC(C)CNC(=O)Cc1nc(C(=O)O)cs1. The Morgan fingerprint density at radius 1 is 1.56 bits per heavy atom. The van der Waals surface area contributed by atoms with E-state index in [1.165, 1.54) is 16.7 Å². The number of nitrogens with one attached hydrogen (secondary N) is 1. The van der Waals surface area contributed by atoms with Crippen molar-refractivity contribution >= 4 is 23.2 Å². The van der Waals surface area contributed by atoms with Crippen molar-refractivity contribution in [1.29, 1.82) is 0 Å². The summed E-state index contributed by atoms with van der Waals surface area (Å²) in [5.41, 5.74) is -0.00309. The highest BCUT2D eigenvalue weighted by Gasteiger charge is 2.11. The third-order valence-electron chi connectivity index (χ3n) is 1.79.